The number of benzene rings is 2. The number of hydrogen-bond acceptors (Lipinski definition) is 5. The Kier molecular flexibility index (Phi) is 6.41. The van der Waals surface area contributed by atoms with Crippen LogP contribution in [0.3, 0.4) is 0 Å². The van der Waals surface area contributed by atoms with Crippen LogP contribution in [0.1, 0.15) is 21.5 Å². The van der Waals surface area contributed by atoms with Crippen molar-refractivity contribution in [2.24, 2.45) is 0 Å². The summed E-state index contributed by atoms with van der Waals surface area (Å²) in [5.41, 5.74) is 4.39. The molecule has 0 aliphatic carbocycles. The summed E-state index contributed by atoms with van der Waals surface area (Å²) in [4.78, 5) is 17.2. The van der Waals surface area contributed by atoms with Crippen molar-refractivity contribution in [3.8, 4) is 11.5 Å². The molecule has 1 N–H and O–H groups in total. The summed E-state index contributed by atoms with van der Waals surface area (Å²) in [6.07, 6.45) is 0. The largest absolute Gasteiger partial charge is 0.493 e. The molecule has 0 spiro atoms. The minimum atomic E-state index is -0.0956. The Morgan fingerprint density at radius 2 is 1.82 bits per heavy atom. The fourth-order valence-corrected chi connectivity index (χ4v) is 3.49. The molecule has 1 saturated heterocycles. The second kappa shape index (κ2) is 8.97. The zero-order valence-corrected chi connectivity index (χ0v) is 16.8. The Balaban J connectivity index is 1.69. The van der Waals surface area contributed by atoms with E-state index < -0.39 is 0 Å². The third-order valence-corrected chi connectivity index (χ3v) is 5.24. The summed E-state index contributed by atoms with van der Waals surface area (Å²) < 4.78 is 10.8. The predicted molar refractivity (Wildman–Crippen MR) is 110 cm³/mol. The van der Waals surface area contributed by atoms with Crippen molar-refractivity contribution < 1.29 is 19.4 Å². The van der Waals surface area contributed by atoms with Crippen LogP contribution in [0.4, 0.5) is 5.69 Å². The molecule has 6 heteroatoms. The zero-order valence-electron chi connectivity index (χ0n) is 16.8. The Hall–Kier alpha value is -2.73. The molecule has 1 heterocycles. The Bertz CT molecular complexity index is 829. The average Bonchev–Trinajstić information content (AvgIpc) is 2.73. The normalized spacial score (nSPS) is 14.1. The molecule has 6 nitrogen and oxygen atoms in total. The fraction of sp³-hybridized carbons (Fsp3) is 0.409. The molecule has 150 valence electrons. The molecule has 0 atom stereocenters. The van der Waals surface area contributed by atoms with Gasteiger partial charge in [0.25, 0.3) is 5.91 Å². The summed E-state index contributed by atoms with van der Waals surface area (Å²) in [7, 11) is 1.55. The van der Waals surface area contributed by atoms with Gasteiger partial charge in [0.1, 0.15) is 6.61 Å². The molecule has 1 amide bonds. The third kappa shape index (κ3) is 4.22. The summed E-state index contributed by atoms with van der Waals surface area (Å²) in [5, 5.41) is 8.98. The lowest BCUT2D eigenvalue weighted by atomic mass is 10.1. The Morgan fingerprint density at radius 1 is 1.07 bits per heavy atom. The van der Waals surface area contributed by atoms with E-state index in [1.807, 2.05) is 4.90 Å². The highest BCUT2D eigenvalue weighted by molar-refractivity contribution is 5.95. The SMILES string of the molecule is COc1ccc(C(=O)N2CCN(c3cccc(C)c3C)CC2)cc1OCCO. The number of anilines is 1. The molecular formula is C22H28N2O4. The predicted octanol–water partition coefficient (Wildman–Crippen LogP) is 2.65. The van der Waals surface area contributed by atoms with Gasteiger partial charge >= 0.3 is 0 Å². The van der Waals surface area contributed by atoms with Crippen LogP contribution in [-0.2, 0) is 0 Å². The Morgan fingerprint density at radius 3 is 2.50 bits per heavy atom. The highest BCUT2D eigenvalue weighted by Gasteiger charge is 2.24. The van der Waals surface area contributed by atoms with Gasteiger partial charge in [-0.05, 0) is 49.2 Å². The van der Waals surface area contributed by atoms with Gasteiger partial charge in [-0.25, -0.2) is 0 Å². The molecule has 1 aliphatic rings. The number of hydrogen-bond donors (Lipinski definition) is 1. The first kappa shape index (κ1) is 20.0. The van der Waals surface area contributed by atoms with Crippen LogP contribution in [0.15, 0.2) is 36.4 Å². The first-order chi connectivity index (χ1) is 13.5. The maximum atomic E-state index is 13.0. The van der Waals surface area contributed by atoms with Crippen LogP contribution in [0, 0.1) is 13.8 Å². The van der Waals surface area contributed by atoms with Crippen LogP contribution in [0.5, 0.6) is 11.5 Å². The second-order valence-corrected chi connectivity index (χ2v) is 6.94. The number of ether oxygens (including phenoxy) is 2. The third-order valence-electron chi connectivity index (χ3n) is 5.24. The van der Waals surface area contributed by atoms with Crippen LogP contribution >= 0.6 is 0 Å². The van der Waals surface area contributed by atoms with E-state index in [4.69, 9.17) is 14.6 Å². The lowest BCUT2D eigenvalue weighted by molar-refractivity contribution is 0.0746. The smallest absolute Gasteiger partial charge is 0.254 e. The van der Waals surface area contributed by atoms with Gasteiger partial charge in [0.2, 0.25) is 0 Å². The highest BCUT2D eigenvalue weighted by Crippen LogP contribution is 2.29. The molecule has 0 bridgehead atoms. The van der Waals surface area contributed by atoms with Gasteiger partial charge in [-0.2, -0.15) is 0 Å². The van der Waals surface area contributed by atoms with E-state index in [1.165, 1.54) is 16.8 Å². The standard InChI is InChI=1S/C22H28N2O4/c1-16-5-4-6-19(17(16)2)23-9-11-24(12-10-23)22(26)18-7-8-20(27-3)21(15-18)28-14-13-25/h4-8,15,25H,9-14H2,1-3H3. The maximum Gasteiger partial charge on any atom is 0.254 e. The van der Waals surface area contributed by atoms with Crippen LogP contribution in [0.2, 0.25) is 0 Å². The van der Waals surface area contributed by atoms with Crippen LogP contribution < -0.4 is 14.4 Å². The van der Waals surface area contributed by atoms with E-state index in [9.17, 15) is 4.79 Å². The van der Waals surface area contributed by atoms with E-state index >= 15 is 0 Å². The van der Waals surface area contributed by atoms with Crippen LogP contribution in [-0.4, -0.2) is 62.4 Å². The molecule has 0 unspecified atom stereocenters. The number of piperazine rings is 1. The molecular weight excluding hydrogens is 356 g/mol. The van der Waals surface area contributed by atoms with E-state index in [0.29, 0.717) is 30.2 Å². The van der Waals surface area contributed by atoms with E-state index in [1.54, 1.807) is 25.3 Å². The van der Waals surface area contributed by atoms with Crippen molar-refractivity contribution >= 4 is 11.6 Å². The highest BCUT2D eigenvalue weighted by atomic mass is 16.5. The summed E-state index contributed by atoms with van der Waals surface area (Å²) >= 11 is 0. The quantitative estimate of drug-likeness (QED) is 0.830. The first-order valence-electron chi connectivity index (χ1n) is 9.57. The lowest BCUT2D eigenvalue weighted by Gasteiger charge is -2.37. The molecule has 1 aliphatic heterocycles. The minimum absolute atomic E-state index is 0.0166. The van der Waals surface area contributed by atoms with E-state index in [-0.39, 0.29) is 19.1 Å². The number of aliphatic hydroxyl groups excluding tert-OH is 1. The summed E-state index contributed by atoms with van der Waals surface area (Å²) in [5.74, 6) is 0.998. The van der Waals surface area contributed by atoms with Crippen molar-refractivity contribution in [3.05, 3.63) is 53.1 Å². The molecule has 0 aromatic heterocycles. The van der Waals surface area contributed by atoms with Crippen LogP contribution in [0.25, 0.3) is 0 Å². The molecule has 1 fully saturated rings. The summed E-state index contributed by atoms with van der Waals surface area (Å²) in [6.45, 7) is 7.28. The average molecular weight is 384 g/mol. The number of carbonyl (C=O) groups is 1. The van der Waals surface area contributed by atoms with Gasteiger partial charge < -0.3 is 24.4 Å². The molecule has 2 aromatic rings. The molecule has 0 radical (unpaired) electrons. The van der Waals surface area contributed by atoms with Gasteiger partial charge in [-0.1, -0.05) is 12.1 Å². The molecule has 2 aromatic carbocycles. The second-order valence-electron chi connectivity index (χ2n) is 6.94. The van der Waals surface area contributed by atoms with Crippen molar-refractivity contribution in [1.82, 2.24) is 4.90 Å². The van der Waals surface area contributed by atoms with Crippen molar-refractivity contribution in [2.75, 3.05) is 51.4 Å². The van der Waals surface area contributed by atoms with Crippen molar-refractivity contribution in [2.45, 2.75) is 13.8 Å². The van der Waals surface area contributed by atoms with Gasteiger partial charge in [-0.3, -0.25) is 4.79 Å². The first-order valence-corrected chi connectivity index (χ1v) is 9.57. The lowest BCUT2D eigenvalue weighted by Crippen LogP contribution is -2.49. The van der Waals surface area contributed by atoms with Gasteiger partial charge in [0.05, 0.1) is 13.7 Å². The van der Waals surface area contributed by atoms with Gasteiger partial charge in [0.15, 0.2) is 11.5 Å². The van der Waals surface area contributed by atoms with Crippen molar-refractivity contribution in [1.29, 1.82) is 0 Å². The Labute approximate surface area is 166 Å². The number of carbonyl (C=O) groups excluding carboxylic acids is 1. The molecule has 28 heavy (non-hydrogen) atoms. The van der Waals surface area contributed by atoms with Gasteiger partial charge in [-0.15, -0.1) is 0 Å². The summed E-state index contributed by atoms with van der Waals surface area (Å²) in [6, 6.07) is 11.5. The minimum Gasteiger partial charge on any atom is -0.493 e. The van der Waals surface area contributed by atoms with E-state index in [0.717, 1.165) is 13.1 Å². The maximum absolute atomic E-state index is 13.0. The molecule has 3 rings (SSSR count). The van der Waals surface area contributed by atoms with E-state index in [2.05, 4.69) is 36.9 Å². The monoisotopic (exact) mass is 384 g/mol. The number of methoxy groups -OCH3 is 1. The molecule has 0 saturated carbocycles. The number of rotatable bonds is 6. The number of nitrogens with zero attached hydrogens (tertiary/aromatic N) is 2. The number of aliphatic hydroxyl groups is 1. The zero-order chi connectivity index (χ0) is 20.1. The topological polar surface area (TPSA) is 62.2 Å². The number of amides is 1. The number of aryl methyl sites for hydroxylation is 1. The van der Waals surface area contributed by atoms with Gasteiger partial charge in [0, 0.05) is 37.4 Å². The van der Waals surface area contributed by atoms with Crippen molar-refractivity contribution in [3.63, 3.8) is 0 Å². The fourth-order valence-electron chi connectivity index (χ4n) is 3.49.